The van der Waals surface area contributed by atoms with Gasteiger partial charge in [0.25, 0.3) is 0 Å². The molecule has 108 valence electrons. The van der Waals surface area contributed by atoms with Crippen molar-refractivity contribution in [1.29, 1.82) is 0 Å². The predicted molar refractivity (Wildman–Crippen MR) is 77.8 cm³/mol. The maximum absolute atomic E-state index is 11.7. The van der Waals surface area contributed by atoms with E-state index in [1.165, 1.54) is 18.3 Å². The number of hydrogen-bond donors (Lipinski definition) is 0. The van der Waals surface area contributed by atoms with Crippen LogP contribution in [0.25, 0.3) is 0 Å². The van der Waals surface area contributed by atoms with Gasteiger partial charge in [0.2, 0.25) is 0 Å². The van der Waals surface area contributed by atoms with Crippen molar-refractivity contribution in [3.05, 3.63) is 23.3 Å². The lowest BCUT2D eigenvalue weighted by atomic mass is 9.96. The zero-order chi connectivity index (χ0) is 14.8. The van der Waals surface area contributed by atoms with Gasteiger partial charge in [0.05, 0.1) is 7.11 Å². The third-order valence-electron chi connectivity index (χ3n) is 3.02. The van der Waals surface area contributed by atoms with Crippen LogP contribution in [0.5, 0.6) is 0 Å². The van der Waals surface area contributed by atoms with Crippen LogP contribution in [0.1, 0.15) is 53.4 Å². The number of Topliss-reactive ketones (excluding diaryl/α,β-unsaturated/α-hetero) is 1. The second-order valence-corrected chi connectivity index (χ2v) is 5.00. The van der Waals surface area contributed by atoms with Crippen LogP contribution in [-0.2, 0) is 14.3 Å². The molecule has 0 amide bonds. The number of allylic oxidation sites excluding steroid dienone is 4. The Hall–Kier alpha value is -1.38. The number of esters is 1. The minimum absolute atomic E-state index is 0.0554. The summed E-state index contributed by atoms with van der Waals surface area (Å²) in [5, 5.41) is 0. The van der Waals surface area contributed by atoms with Crippen molar-refractivity contribution in [2.24, 2.45) is 5.92 Å². The minimum Gasteiger partial charge on any atom is -0.468 e. The van der Waals surface area contributed by atoms with Crippen LogP contribution in [0.2, 0.25) is 0 Å². The summed E-state index contributed by atoms with van der Waals surface area (Å²) in [6, 6.07) is 0. The van der Waals surface area contributed by atoms with Crippen molar-refractivity contribution in [3.63, 3.8) is 0 Å². The molecule has 1 unspecified atom stereocenters. The van der Waals surface area contributed by atoms with E-state index in [-0.39, 0.29) is 5.78 Å². The number of carbonyl (C=O) groups excluding carboxylic acids is 2. The van der Waals surface area contributed by atoms with Gasteiger partial charge < -0.3 is 4.74 Å². The molecule has 19 heavy (non-hydrogen) atoms. The Morgan fingerprint density at radius 1 is 1.16 bits per heavy atom. The average Bonchev–Trinajstić information content (AvgIpc) is 2.37. The van der Waals surface area contributed by atoms with Crippen LogP contribution in [0.4, 0.5) is 0 Å². The van der Waals surface area contributed by atoms with Gasteiger partial charge in [0, 0.05) is 6.42 Å². The molecule has 0 heterocycles. The smallest absolute Gasteiger partial charge is 0.316 e. The van der Waals surface area contributed by atoms with Gasteiger partial charge in [0.1, 0.15) is 11.7 Å². The molecule has 0 bridgehead atoms. The van der Waals surface area contributed by atoms with Gasteiger partial charge in [-0.2, -0.15) is 0 Å². The normalized spacial score (nSPS) is 12.8. The predicted octanol–water partition coefficient (Wildman–Crippen LogP) is 3.84. The Balaban J connectivity index is 4.48. The SMILES string of the molecule is CCC(=O)C(C/C=C(\C)CCC=C(C)C)C(=O)OC. The maximum Gasteiger partial charge on any atom is 0.316 e. The van der Waals surface area contributed by atoms with E-state index in [9.17, 15) is 9.59 Å². The topological polar surface area (TPSA) is 43.4 Å². The Bertz CT molecular complexity index is 344. The maximum atomic E-state index is 11.7. The number of ketones is 1. The monoisotopic (exact) mass is 266 g/mol. The molecule has 0 N–H and O–H groups in total. The van der Waals surface area contributed by atoms with E-state index in [4.69, 9.17) is 0 Å². The molecule has 0 aromatic carbocycles. The Morgan fingerprint density at radius 2 is 1.79 bits per heavy atom. The summed E-state index contributed by atoms with van der Waals surface area (Å²) in [6.07, 6.45) is 6.93. The third-order valence-corrected chi connectivity index (χ3v) is 3.02. The van der Waals surface area contributed by atoms with Crippen molar-refractivity contribution in [2.45, 2.75) is 53.4 Å². The summed E-state index contributed by atoms with van der Waals surface area (Å²) >= 11 is 0. The summed E-state index contributed by atoms with van der Waals surface area (Å²) in [5.74, 6) is -1.13. The number of rotatable bonds is 8. The number of hydrogen-bond acceptors (Lipinski definition) is 3. The summed E-state index contributed by atoms with van der Waals surface area (Å²) in [7, 11) is 1.32. The molecule has 0 aromatic heterocycles. The van der Waals surface area contributed by atoms with Gasteiger partial charge in [-0.25, -0.2) is 0 Å². The molecule has 0 aliphatic rings. The quantitative estimate of drug-likeness (QED) is 0.381. The van der Waals surface area contributed by atoms with Gasteiger partial charge in [-0.3, -0.25) is 9.59 Å². The largest absolute Gasteiger partial charge is 0.468 e. The zero-order valence-corrected chi connectivity index (χ0v) is 12.8. The molecule has 0 aliphatic carbocycles. The first-order valence-corrected chi connectivity index (χ1v) is 6.81. The van der Waals surface area contributed by atoms with Gasteiger partial charge in [-0.15, -0.1) is 0 Å². The molecule has 0 fully saturated rings. The van der Waals surface area contributed by atoms with Crippen LogP contribution in [0.3, 0.4) is 0 Å². The fourth-order valence-corrected chi connectivity index (χ4v) is 1.76. The number of ether oxygens (including phenoxy) is 1. The van der Waals surface area contributed by atoms with E-state index >= 15 is 0 Å². The van der Waals surface area contributed by atoms with Gasteiger partial charge in [-0.1, -0.05) is 30.2 Å². The van der Waals surface area contributed by atoms with E-state index in [0.717, 1.165) is 12.8 Å². The molecule has 0 saturated heterocycles. The van der Waals surface area contributed by atoms with E-state index < -0.39 is 11.9 Å². The molecule has 0 spiro atoms. The highest BCUT2D eigenvalue weighted by Gasteiger charge is 2.24. The second-order valence-electron chi connectivity index (χ2n) is 5.00. The summed E-state index contributed by atoms with van der Waals surface area (Å²) in [5.41, 5.74) is 2.51. The molecule has 0 rings (SSSR count). The molecular weight excluding hydrogens is 240 g/mol. The Morgan fingerprint density at radius 3 is 2.26 bits per heavy atom. The van der Waals surface area contributed by atoms with Crippen LogP contribution in [0.15, 0.2) is 23.3 Å². The van der Waals surface area contributed by atoms with E-state index in [1.807, 2.05) is 13.0 Å². The number of methoxy groups -OCH3 is 1. The first kappa shape index (κ1) is 17.6. The lowest BCUT2D eigenvalue weighted by Crippen LogP contribution is -2.24. The van der Waals surface area contributed by atoms with Crippen molar-refractivity contribution in [2.75, 3.05) is 7.11 Å². The first-order chi connectivity index (χ1) is 8.92. The van der Waals surface area contributed by atoms with E-state index in [0.29, 0.717) is 12.8 Å². The third kappa shape index (κ3) is 7.60. The van der Waals surface area contributed by atoms with Crippen LogP contribution >= 0.6 is 0 Å². The van der Waals surface area contributed by atoms with Crippen molar-refractivity contribution in [1.82, 2.24) is 0 Å². The van der Waals surface area contributed by atoms with E-state index in [1.54, 1.807) is 6.92 Å². The molecule has 3 nitrogen and oxygen atoms in total. The van der Waals surface area contributed by atoms with Crippen LogP contribution in [0, 0.1) is 5.92 Å². The van der Waals surface area contributed by atoms with Crippen molar-refractivity contribution < 1.29 is 14.3 Å². The molecular formula is C16H26O3. The molecule has 0 saturated carbocycles. The minimum atomic E-state index is -0.645. The van der Waals surface area contributed by atoms with Gasteiger partial charge in [-0.05, 0) is 40.0 Å². The van der Waals surface area contributed by atoms with Crippen LogP contribution in [-0.4, -0.2) is 18.9 Å². The van der Waals surface area contributed by atoms with Crippen molar-refractivity contribution in [3.8, 4) is 0 Å². The molecule has 3 heteroatoms. The van der Waals surface area contributed by atoms with E-state index in [2.05, 4.69) is 24.7 Å². The highest BCUT2D eigenvalue weighted by Crippen LogP contribution is 2.14. The Kier molecular flexibility index (Phi) is 8.84. The molecule has 1 atom stereocenters. The standard InChI is InChI=1S/C16H26O3/c1-6-15(17)14(16(18)19-5)11-10-13(4)9-7-8-12(2)3/h8,10,14H,6-7,9,11H2,1-5H3/b13-10+. The summed E-state index contributed by atoms with van der Waals surface area (Å²) in [6.45, 7) is 7.95. The lowest BCUT2D eigenvalue weighted by Gasteiger charge is -2.10. The van der Waals surface area contributed by atoms with Crippen LogP contribution < -0.4 is 0 Å². The highest BCUT2D eigenvalue weighted by atomic mass is 16.5. The summed E-state index contributed by atoms with van der Waals surface area (Å²) < 4.78 is 4.68. The molecule has 0 aromatic rings. The first-order valence-electron chi connectivity index (χ1n) is 6.81. The highest BCUT2D eigenvalue weighted by molar-refractivity contribution is 5.98. The van der Waals surface area contributed by atoms with Crippen molar-refractivity contribution >= 4 is 11.8 Å². The molecule has 0 radical (unpaired) electrons. The fourth-order valence-electron chi connectivity index (χ4n) is 1.76. The lowest BCUT2D eigenvalue weighted by molar-refractivity contribution is -0.149. The zero-order valence-electron chi connectivity index (χ0n) is 12.8. The Labute approximate surface area is 116 Å². The fraction of sp³-hybridized carbons (Fsp3) is 0.625. The van der Waals surface area contributed by atoms with Gasteiger partial charge >= 0.3 is 5.97 Å². The second kappa shape index (κ2) is 9.54. The summed E-state index contributed by atoms with van der Waals surface area (Å²) in [4.78, 5) is 23.2. The average molecular weight is 266 g/mol. The van der Waals surface area contributed by atoms with Gasteiger partial charge in [0.15, 0.2) is 0 Å². The molecule has 0 aliphatic heterocycles. The number of carbonyl (C=O) groups is 2.